The van der Waals surface area contributed by atoms with Crippen molar-refractivity contribution in [2.24, 2.45) is 0 Å². The number of hydrogen-bond donors (Lipinski definition) is 0. The van der Waals surface area contributed by atoms with Gasteiger partial charge in [0.25, 0.3) is 0 Å². The Morgan fingerprint density at radius 3 is 2.35 bits per heavy atom. The lowest BCUT2D eigenvalue weighted by Crippen LogP contribution is -2.00. The van der Waals surface area contributed by atoms with Gasteiger partial charge in [-0.3, -0.25) is 0 Å². The van der Waals surface area contributed by atoms with Crippen LogP contribution in [0.1, 0.15) is 27.0 Å². The monoisotopic (exact) mass is 408 g/mol. The molecule has 0 aromatic heterocycles. The molecule has 4 aromatic rings. The third-order valence-electron chi connectivity index (χ3n) is 5.20. The minimum atomic E-state index is -0.327. The summed E-state index contributed by atoms with van der Waals surface area (Å²) in [7, 11) is 1.39. The van der Waals surface area contributed by atoms with Gasteiger partial charge in [-0.1, -0.05) is 84.9 Å². The molecule has 0 saturated carbocycles. The zero-order valence-electron chi connectivity index (χ0n) is 17.5. The summed E-state index contributed by atoms with van der Waals surface area (Å²) in [4.78, 5) is 11.6. The predicted octanol–water partition coefficient (Wildman–Crippen LogP) is 6.46. The summed E-state index contributed by atoms with van der Waals surface area (Å²) in [5, 5.41) is 2.39. The van der Waals surface area contributed by atoms with Gasteiger partial charge in [0, 0.05) is 5.56 Å². The van der Waals surface area contributed by atoms with Crippen molar-refractivity contribution in [2.45, 2.75) is 13.0 Å². The van der Waals surface area contributed by atoms with Crippen molar-refractivity contribution in [1.82, 2.24) is 0 Å². The van der Waals surface area contributed by atoms with Gasteiger partial charge in [0.05, 0.1) is 12.7 Å². The maximum Gasteiger partial charge on any atom is 0.337 e. The highest BCUT2D eigenvalue weighted by Crippen LogP contribution is 2.29. The molecular weight excluding hydrogens is 384 g/mol. The summed E-state index contributed by atoms with van der Waals surface area (Å²) in [5.41, 5.74) is 3.88. The lowest BCUT2D eigenvalue weighted by molar-refractivity contribution is 0.0600. The highest BCUT2D eigenvalue weighted by atomic mass is 16.5. The number of carbonyl (C=O) groups is 1. The zero-order valence-corrected chi connectivity index (χ0v) is 17.5. The van der Waals surface area contributed by atoms with Crippen molar-refractivity contribution in [3.05, 3.63) is 119 Å². The summed E-state index contributed by atoms with van der Waals surface area (Å²) in [5.74, 6) is 0.569. The molecule has 31 heavy (non-hydrogen) atoms. The number of carbonyl (C=O) groups excluding carboxylic acids is 1. The van der Waals surface area contributed by atoms with E-state index in [4.69, 9.17) is 9.47 Å². The van der Waals surface area contributed by atoms with Gasteiger partial charge in [-0.2, -0.15) is 0 Å². The normalized spacial score (nSPS) is 11.0. The molecular formula is C28H24O3. The predicted molar refractivity (Wildman–Crippen MR) is 125 cm³/mol. The van der Waals surface area contributed by atoms with Crippen LogP contribution in [-0.4, -0.2) is 13.1 Å². The van der Waals surface area contributed by atoms with Crippen molar-refractivity contribution in [2.75, 3.05) is 7.11 Å². The molecule has 0 heterocycles. The van der Waals surface area contributed by atoms with Crippen LogP contribution in [0.3, 0.4) is 0 Å². The second-order valence-electron chi connectivity index (χ2n) is 7.26. The third kappa shape index (κ3) is 5.01. The SMILES string of the molecule is COC(=O)c1ccc(C=CCc2c(OCc3ccccc3)ccc3ccccc23)cc1. The number of hydrogen-bond acceptors (Lipinski definition) is 3. The Morgan fingerprint density at radius 2 is 1.58 bits per heavy atom. The van der Waals surface area contributed by atoms with E-state index in [9.17, 15) is 4.79 Å². The van der Waals surface area contributed by atoms with E-state index in [2.05, 4.69) is 60.7 Å². The quantitative estimate of drug-likeness (QED) is 0.329. The molecule has 0 amide bonds. The number of esters is 1. The Hall–Kier alpha value is -3.85. The molecule has 0 radical (unpaired) electrons. The summed E-state index contributed by atoms with van der Waals surface area (Å²) in [6, 6.07) is 30.1. The standard InChI is InChI=1S/C28H24O3/c1-30-28(29)24-16-14-21(15-17-24)10-7-13-26-25-12-6-5-11-23(25)18-19-27(26)31-20-22-8-3-2-4-9-22/h2-12,14-19H,13,20H2,1H3. The fourth-order valence-corrected chi connectivity index (χ4v) is 3.56. The van der Waals surface area contributed by atoms with E-state index in [0.29, 0.717) is 12.2 Å². The molecule has 3 heteroatoms. The zero-order chi connectivity index (χ0) is 21.5. The van der Waals surface area contributed by atoms with Crippen LogP contribution >= 0.6 is 0 Å². The van der Waals surface area contributed by atoms with Gasteiger partial charge in [-0.05, 0) is 46.5 Å². The first-order valence-corrected chi connectivity index (χ1v) is 10.3. The first-order valence-electron chi connectivity index (χ1n) is 10.3. The molecule has 0 aliphatic carbocycles. The topological polar surface area (TPSA) is 35.5 Å². The van der Waals surface area contributed by atoms with Gasteiger partial charge in [0.1, 0.15) is 12.4 Å². The molecule has 0 unspecified atom stereocenters. The van der Waals surface area contributed by atoms with Crippen LogP contribution in [0.2, 0.25) is 0 Å². The number of benzene rings is 4. The number of allylic oxidation sites excluding steroid dienone is 1. The highest BCUT2D eigenvalue weighted by molar-refractivity contribution is 5.89. The van der Waals surface area contributed by atoms with E-state index in [1.54, 1.807) is 12.1 Å². The van der Waals surface area contributed by atoms with Crippen molar-refractivity contribution in [3.63, 3.8) is 0 Å². The molecule has 4 aromatic carbocycles. The minimum absolute atomic E-state index is 0.327. The van der Waals surface area contributed by atoms with Crippen LogP contribution in [0.4, 0.5) is 0 Å². The summed E-state index contributed by atoms with van der Waals surface area (Å²) in [6.45, 7) is 0.533. The summed E-state index contributed by atoms with van der Waals surface area (Å²) >= 11 is 0. The first-order chi connectivity index (χ1) is 15.2. The Bertz CT molecular complexity index is 1190. The van der Waals surface area contributed by atoms with E-state index in [1.165, 1.54) is 17.9 Å². The Labute approximate surface area is 182 Å². The number of methoxy groups -OCH3 is 1. The molecule has 0 bridgehead atoms. The molecule has 154 valence electrons. The maximum atomic E-state index is 11.6. The molecule has 0 N–H and O–H groups in total. The van der Waals surface area contributed by atoms with Crippen LogP contribution in [0, 0.1) is 0 Å². The van der Waals surface area contributed by atoms with Gasteiger partial charge in [0.2, 0.25) is 0 Å². The number of rotatable bonds is 7. The average Bonchev–Trinajstić information content (AvgIpc) is 2.84. The summed E-state index contributed by atoms with van der Waals surface area (Å²) < 4.78 is 11.0. The molecule has 0 spiro atoms. The van der Waals surface area contributed by atoms with Crippen molar-refractivity contribution in [3.8, 4) is 5.75 Å². The van der Waals surface area contributed by atoms with Crippen LogP contribution in [0.5, 0.6) is 5.75 Å². The van der Waals surface area contributed by atoms with Gasteiger partial charge < -0.3 is 9.47 Å². The highest BCUT2D eigenvalue weighted by Gasteiger charge is 2.08. The van der Waals surface area contributed by atoms with Gasteiger partial charge in [-0.15, -0.1) is 0 Å². The number of fused-ring (bicyclic) bond motifs is 1. The Kier molecular flexibility index (Phi) is 6.44. The average molecular weight is 408 g/mol. The fourth-order valence-electron chi connectivity index (χ4n) is 3.56. The van der Waals surface area contributed by atoms with Gasteiger partial charge in [-0.25, -0.2) is 4.79 Å². The molecule has 0 aliphatic rings. The third-order valence-corrected chi connectivity index (χ3v) is 5.20. The van der Waals surface area contributed by atoms with Crippen LogP contribution in [0.25, 0.3) is 16.8 Å². The van der Waals surface area contributed by atoms with Gasteiger partial charge >= 0.3 is 5.97 Å². The van der Waals surface area contributed by atoms with E-state index < -0.39 is 0 Å². The van der Waals surface area contributed by atoms with E-state index >= 15 is 0 Å². The molecule has 0 aliphatic heterocycles. The van der Waals surface area contributed by atoms with Crippen LogP contribution < -0.4 is 4.74 Å². The van der Waals surface area contributed by atoms with Crippen molar-refractivity contribution < 1.29 is 14.3 Å². The Morgan fingerprint density at radius 1 is 0.839 bits per heavy atom. The second-order valence-corrected chi connectivity index (χ2v) is 7.26. The fraction of sp³-hybridized carbons (Fsp3) is 0.107. The van der Waals surface area contributed by atoms with Crippen LogP contribution in [-0.2, 0) is 17.8 Å². The largest absolute Gasteiger partial charge is 0.489 e. The van der Waals surface area contributed by atoms with Crippen molar-refractivity contribution in [1.29, 1.82) is 0 Å². The lowest BCUT2D eigenvalue weighted by atomic mass is 10.00. The molecule has 0 fully saturated rings. The minimum Gasteiger partial charge on any atom is -0.489 e. The van der Waals surface area contributed by atoms with E-state index in [1.807, 2.05) is 30.3 Å². The smallest absolute Gasteiger partial charge is 0.337 e. The summed E-state index contributed by atoms with van der Waals surface area (Å²) in [6.07, 6.45) is 4.93. The van der Waals surface area contributed by atoms with Gasteiger partial charge in [0.15, 0.2) is 0 Å². The molecule has 4 rings (SSSR count). The first kappa shape index (κ1) is 20.4. The molecule has 3 nitrogen and oxygen atoms in total. The van der Waals surface area contributed by atoms with Crippen molar-refractivity contribution >= 4 is 22.8 Å². The molecule has 0 atom stereocenters. The molecule has 0 saturated heterocycles. The lowest BCUT2D eigenvalue weighted by Gasteiger charge is -2.13. The maximum absolute atomic E-state index is 11.6. The van der Waals surface area contributed by atoms with E-state index in [-0.39, 0.29) is 5.97 Å². The second kappa shape index (κ2) is 9.77. The Balaban J connectivity index is 1.56. The van der Waals surface area contributed by atoms with E-state index in [0.717, 1.165) is 28.9 Å². The van der Waals surface area contributed by atoms with Crippen LogP contribution in [0.15, 0.2) is 97.1 Å². The number of ether oxygens (including phenoxy) is 2.